The van der Waals surface area contributed by atoms with Gasteiger partial charge in [0.15, 0.2) is 0 Å². The second kappa shape index (κ2) is 2.34. The Balaban J connectivity index is 2.81. The van der Waals surface area contributed by atoms with Crippen LogP contribution < -0.4 is 5.73 Å². The molecule has 2 aromatic rings. The molecule has 4 nitrogen and oxygen atoms in total. The summed E-state index contributed by atoms with van der Waals surface area (Å²) in [6, 6.07) is 0. The van der Waals surface area contributed by atoms with Crippen molar-refractivity contribution >= 4 is 23.1 Å². The number of nitrogen functional groups attached to an aromatic ring is 1. The molecule has 0 amide bonds. The molecular weight excluding hydrogens is 152 g/mol. The maximum atomic E-state index is 5.41. The zero-order valence-electron chi connectivity index (χ0n) is 6.41. The van der Waals surface area contributed by atoms with E-state index in [-0.39, 0.29) is 5.95 Å². The minimum atomic E-state index is 0.278. The lowest BCUT2D eigenvalue weighted by molar-refractivity contribution is 1.22. The molecule has 0 saturated carbocycles. The van der Waals surface area contributed by atoms with E-state index in [1.165, 1.54) is 0 Å². The average Bonchev–Trinajstić information content (AvgIpc) is 2.46. The van der Waals surface area contributed by atoms with Crippen molar-refractivity contribution < 1.29 is 0 Å². The molecule has 0 fully saturated rings. The predicted molar refractivity (Wildman–Crippen MR) is 48.4 cm³/mol. The Hall–Kier alpha value is -1.84. The van der Waals surface area contributed by atoms with Crippen LogP contribution in [0.25, 0.3) is 17.1 Å². The van der Waals surface area contributed by atoms with Crippen LogP contribution in [0.5, 0.6) is 0 Å². The van der Waals surface area contributed by atoms with Crippen LogP contribution in [0, 0.1) is 0 Å². The molecule has 2 heterocycles. The van der Waals surface area contributed by atoms with Crippen molar-refractivity contribution in [2.75, 3.05) is 5.73 Å². The molecule has 0 radical (unpaired) electrons. The fraction of sp³-hybridized carbons (Fsp3) is 0. The summed E-state index contributed by atoms with van der Waals surface area (Å²) >= 11 is 0. The van der Waals surface area contributed by atoms with E-state index < -0.39 is 0 Å². The second-order valence-corrected chi connectivity index (χ2v) is 2.44. The molecule has 0 aliphatic carbocycles. The highest BCUT2D eigenvalue weighted by molar-refractivity contribution is 5.85. The van der Waals surface area contributed by atoms with Gasteiger partial charge in [-0.25, -0.2) is 4.98 Å². The lowest BCUT2D eigenvalue weighted by Gasteiger charge is -1.91. The molecule has 0 spiro atoms. The summed E-state index contributed by atoms with van der Waals surface area (Å²) in [5.41, 5.74) is 7.14. The predicted octanol–water partition coefficient (Wildman–Crippen LogP) is 1.18. The largest absolute Gasteiger partial charge is 0.368 e. The molecule has 0 aliphatic heterocycles. The molecule has 0 bridgehead atoms. The molecule has 0 aliphatic rings. The molecule has 2 aromatic heterocycles. The number of rotatable bonds is 1. The van der Waals surface area contributed by atoms with E-state index in [9.17, 15) is 0 Å². The molecule has 4 heteroatoms. The summed E-state index contributed by atoms with van der Waals surface area (Å²) in [6.07, 6.45) is 5.26. The van der Waals surface area contributed by atoms with Crippen LogP contribution in [0.2, 0.25) is 0 Å². The zero-order valence-corrected chi connectivity index (χ0v) is 6.41. The normalized spacial score (nSPS) is 10.3. The third-order valence-electron chi connectivity index (χ3n) is 1.70. The van der Waals surface area contributed by atoms with E-state index in [1.807, 2.05) is 6.20 Å². The quantitative estimate of drug-likeness (QED) is 0.658. The maximum absolute atomic E-state index is 5.41. The average molecular weight is 160 g/mol. The Labute approximate surface area is 69.1 Å². The Morgan fingerprint density at radius 1 is 1.58 bits per heavy atom. The van der Waals surface area contributed by atoms with Gasteiger partial charge in [-0.2, -0.15) is 4.98 Å². The third kappa shape index (κ3) is 0.852. The molecule has 3 N–H and O–H groups in total. The number of H-pyrrole nitrogens is 1. The van der Waals surface area contributed by atoms with Crippen molar-refractivity contribution in [3.63, 3.8) is 0 Å². The van der Waals surface area contributed by atoms with Crippen molar-refractivity contribution in [2.45, 2.75) is 0 Å². The molecular formula is C8H8N4. The number of fused-ring (bicyclic) bond motifs is 1. The van der Waals surface area contributed by atoms with Gasteiger partial charge in [0, 0.05) is 23.3 Å². The van der Waals surface area contributed by atoms with Crippen LogP contribution in [-0.2, 0) is 0 Å². The summed E-state index contributed by atoms with van der Waals surface area (Å²) in [5.74, 6) is 0.278. The standard InChI is InChI=1S/C8H8N4/c1-2-5-3-10-7-6(5)4-11-8(9)12-7/h2-4H,1H2,(H3,9,10,11,12). The van der Waals surface area contributed by atoms with Crippen LogP contribution in [-0.4, -0.2) is 15.0 Å². The van der Waals surface area contributed by atoms with E-state index in [4.69, 9.17) is 5.73 Å². The van der Waals surface area contributed by atoms with Crippen LogP contribution in [0.3, 0.4) is 0 Å². The van der Waals surface area contributed by atoms with Crippen LogP contribution in [0.1, 0.15) is 5.56 Å². The number of nitrogens with one attached hydrogen (secondary N) is 1. The van der Waals surface area contributed by atoms with Crippen molar-refractivity contribution in [2.24, 2.45) is 0 Å². The van der Waals surface area contributed by atoms with Gasteiger partial charge in [-0.15, -0.1) is 0 Å². The van der Waals surface area contributed by atoms with Crippen molar-refractivity contribution in [1.82, 2.24) is 15.0 Å². The number of aromatic nitrogens is 3. The highest BCUT2D eigenvalue weighted by Crippen LogP contribution is 2.16. The van der Waals surface area contributed by atoms with Gasteiger partial charge in [0.2, 0.25) is 5.95 Å². The lowest BCUT2D eigenvalue weighted by Crippen LogP contribution is -1.93. The highest BCUT2D eigenvalue weighted by atomic mass is 15.0. The minimum Gasteiger partial charge on any atom is -0.368 e. The van der Waals surface area contributed by atoms with Gasteiger partial charge in [0.1, 0.15) is 5.65 Å². The number of anilines is 1. The van der Waals surface area contributed by atoms with Crippen LogP contribution in [0.4, 0.5) is 5.95 Å². The Kier molecular flexibility index (Phi) is 1.33. The Morgan fingerprint density at radius 2 is 2.42 bits per heavy atom. The molecule has 0 aromatic carbocycles. The van der Waals surface area contributed by atoms with E-state index in [0.717, 1.165) is 16.6 Å². The molecule has 0 saturated heterocycles. The highest BCUT2D eigenvalue weighted by Gasteiger charge is 2.01. The van der Waals surface area contributed by atoms with E-state index in [0.29, 0.717) is 0 Å². The fourth-order valence-corrected chi connectivity index (χ4v) is 1.11. The third-order valence-corrected chi connectivity index (χ3v) is 1.70. The summed E-state index contributed by atoms with van der Waals surface area (Å²) < 4.78 is 0. The second-order valence-electron chi connectivity index (χ2n) is 2.44. The van der Waals surface area contributed by atoms with Gasteiger partial charge >= 0.3 is 0 Å². The fourth-order valence-electron chi connectivity index (χ4n) is 1.11. The van der Waals surface area contributed by atoms with Crippen molar-refractivity contribution in [3.05, 3.63) is 24.5 Å². The SMILES string of the molecule is C=Cc1c[nH]c2nc(N)ncc12. The van der Waals surface area contributed by atoms with Gasteiger partial charge in [-0.3, -0.25) is 0 Å². The van der Waals surface area contributed by atoms with E-state index in [1.54, 1.807) is 12.3 Å². The molecule has 2 rings (SSSR count). The number of hydrogen-bond acceptors (Lipinski definition) is 3. The van der Waals surface area contributed by atoms with E-state index in [2.05, 4.69) is 21.5 Å². The summed E-state index contributed by atoms with van der Waals surface area (Å²) in [6.45, 7) is 3.67. The first-order valence-electron chi connectivity index (χ1n) is 3.53. The number of hydrogen-bond donors (Lipinski definition) is 2. The summed E-state index contributed by atoms with van der Waals surface area (Å²) in [7, 11) is 0. The smallest absolute Gasteiger partial charge is 0.221 e. The lowest BCUT2D eigenvalue weighted by atomic mass is 10.2. The number of nitrogens with zero attached hydrogens (tertiary/aromatic N) is 2. The zero-order chi connectivity index (χ0) is 8.55. The van der Waals surface area contributed by atoms with Gasteiger partial charge in [0.25, 0.3) is 0 Å². The Morgan fingerprint density at radius 3 is 3.17 bits per heavy atom. The summed E-state index contributed by atoms with van der Waals surface area (Å²) in [5, 5.41) is 0.944. The number of aromatic amines is 1. The number of nitrogens with two attached hydrogens (primary N) is 1. The van der Waals surface area contributed by atoms with Gasteiger partial charge in [-0.05, 0) is 0 Å². The first-order chi connectivity index (χ1) is 5.81. The molecule has 12 heavy (non-hydrogen) atoms. The van der Waals surface area contributed by atoms with Crippen LogP contribution in [0.15, 0.2) is 19.0 Å². The van der Waals surface area contributed by atoms with Gasteiger partial charge in [-0.1, -0.05) is 12.7 Å². The minimum absolute atomic E-state index is 0.278. The molecule has 60 valence electrons. The first kappa shape index (κ1) is 6.84. The monoisotopic (exact) mass is 160 g/mol. The maximum Gasteiger partial charge on any atom is 0.221 e. The molecule has 0 atom stereocenters. The van der Waals surface area contributed by atoms with Crippen molar-refractivity contribution in [1.29, 1.82) is 0 Å². The topological polar surface area (TPSA) is 67.6 Å². The summed E-state index contributed by atoms with van der Waals surface area (Å²) in [4.78, 5) is 10.9. The Bertz CT molecular complexity index is 430. The first-order valence-corrected chi connectivity index (χ1v) is 3.53. The van der Waals surface area contributed by atoms with Crippen molar-refractivity contribution in [3.8, 4) is 0 Å². The van der Waals surface area contributed by atoms with Gasteiger partial charge in [0.05, 0.1) is 0 Å². The van der Waals surface area contributed by atoms with Crippen LogP contribution >= 0.6 is 0 Å². The molecule has 0 unspecified atom stereocenters. The van der Waals surface area contributed by atoms with E-state index >= 15 is 0 Å². The van der Waals surface area contributed by atoms with Gasteiger partial charge < -0.3 is 10.7 Å².